The fraction of sp³-hybridized carbons (Fsp3) is 0.333. The zero-order valence-corrected chi connectivity index (χ0v) is 15.8. The lowest BCUT2D eigenvalue weighted by atomic mass is 9.90. The summed E-state index contributed by atoms with van der Waals surface area (Å²) in [6.45, 7) is 5.67. The van der Waals surface area contributed by atoms with Crippen LogP contribution in [0.1, 0.15) is 25.0 Å². The number of amides is 2. The van der Waals surface area contributed by atoms with E-state index in [1.165, 1.54) is 0 Å². The third-order valence-electron chi connectivity index (χ3n) is 4.28. The standard InChI is InChI=1S/C21H26N2O3/c1-15-8-10-17(11-9-15)23-20(25)21(2,3)19(24)22-13-12-16-6-5-7-18(14-16)26-4/h5-11,14H,12-13H2,1-4H3,(H,22,24)(H,23,25). The molecule has 0 fully saturated rings. The second-order valence-corrected chi connectivity index (χ2v) is 6.80. The number of carbonyl (C=O) groups excluding carboxylic acids is 2. The number of nitrogens with one attached hydrogen (secondary N) is 2. The van der Waals surface area contributed by atoms with Crippen molar-refractivity contribution in [2.75, 3.05) is 19.0 Å². The average molecular weight is 354 g/mol. The molecule has 0 aromatic heterocycles. The molecule has 0 saturated carbocycles. The molecule has 2 amide bonds. The third kappa shape index (κ3) is 5.09. The van der Waals surface area contributed by atoms with Crippen molar-refractivity contribution >= 4 is 17.5 Å². The number of benzene rings is 2. The van der Waals surface area contributed by atoms with Crippen LogP contribution in [0.25, 0.3) is 0 Å². The molecule has 26 heavy (non-hydrogen) atoms. The van der Waals surface area contributed by atoms with Crippen LogP contribution in [0.5, 0.6) is 5.75 Å². The van der Waals surface area contributed by atoms with Gasteiger partial charge in [-0.15, -0.1) is 0 Å². The van der Waals surface area contributed by atoms with Crippen LogP contribution in [0, 0.1) is 12.3 Å². The zero-order valence-electron chi connectivity index (χ0n) is 15.8. The predicted octanol–water partition coefficient (Wildman–Crippen LogP) is 3.33. The lowest BCUT2D eigenvalue weighted by Crippen LogP contribution is -2.45. The lowest BCUT2D eigenvalue weighted by Gasteiger charge is -2.22. The zero-order chi connectivity index (χ0) is 19.2. The van der Waals surface area contributed by atoms with Crippen molar-refractivity contribution in [1.29, 1.82) is 0 Å². The molecule has 0 radical (unpaired) electrons. The van der Waals surface area contributed by atoms with Crippen LogP contribution in [-0.4, -0.2) is 25.5 Å². The van der Waals surface area contributed by atoms with Gasteiger partial charge in [-0.05, 0) is 57.0 Å². The summed E-state index contributed by atoms with van der Waals surface area (Å²) in [5.74, 6) is 0.150. The molecule has 0 atom stereocenters. The quantitative estimate of drug-likeness (QED) is 0.750. The molecule has 0 aliphatic heterocycles. The van der Waals surface area contributed by atoms with Crippen LogP contribution >= 0.6 is 0 Å². The number of hydrogen-bond donors (Lipinski definition) is 2. The molecule has 0 aliphatic carbocycles. The van der Waals surface area contributed by atoms with Crippen molar-refractivity contribution in [3.8, 4) is 5.75 Å². The molecule has 0 bridgehead atoms. The Morgan fingerprint density at radius 3 is 2.38 bits per heavy atom. The summed E-state index contributed by atoms with van der Waals surface area (Å²) in [7, 11) is 1.62. The Balaban J connectivity index is 1.89. The van der Waals surface area contributed by atoms with Crippen LogP contribution < -0.4 is 15.4 Å². The number of aryl methyl sites for hydroxylation is 1. The van der Waals surface area contributed by atoms with E-state index < -0.39 is 5.41 Å². The van der Waals surface area contributed by atoms with Gasteiger partial charge in [-0.1, -0.05) is 29.8 Å². The summed E-state index contributed by atoms with van der Waals surface area (Å²) in [6, 6.07) is 15.2. The molecule has 0 spiro atoms. The van der Waals surface area contributed by atoms with E-state index in [1.807, 2.05) is 55.5 Å². The van der Waals surface area contributed by atoms with Crippen LogP contribution in [-0.2, 0) is 16.0 Å². The fourth-order valence-corrected chi connectivity index (χ4v) is 2.40. The molecule has 5 nitrogen and oxygen atoms in total. The van der Waals surface area contributed by atoms with E-state index >= 15 is 0 Å². The van der Waals surface area contributed by atoms with Crippen LogP contribution in [0.4, 0.5) is 5.69 Å². The predicted molar refractivity (Wildman–Crippen MR) is 103 cm³/mol. The minimum Gasteiger partial charge on any atom is -0.497 e. The Kier molecular flexibility index (Phi) is 6.39. The van der Waals surface area contributed by atoms with Crippen LogP contribution in [0.15, 0.2) is 48.5 Å². The maximum Gasteiger partial charge on any atom is 0.239 e. The molecule has 5 heteroatoms. The molecular weight excluding hydrogens is 328 g/mol. The molecule has 2 N–H and O–H groups in total. The summed E-state index contributed by atoms with van der Waals surface area (Å²) in [5, 5.41) is 5.64. The van der Waals surface area contributed by atoms with E-state index in [2.05, 4.69) is 10.6 Å². The highest BCUT2D eigenvalue weighted by Crippen LogP contribution is 2.19. The van der Waals surface area contributed by atoms with Gasteiger partial charge in [0.05, 0.1) is 7.11 Å². The molecule has 0 aliphatic rings. The third-order valence-corrected chi connectivity index (χ3v) is 4.28. The van der Waals surface area contributed by atoms with E-state index in [0.717, 1.165) is 16.9 Å². The number of anilines is 1. The highest BCUT2D eigenvalue weighted by Gasteiger charge is 2.35. The highest BCUT2D eigenvalue weighted by atomic mass is 16.5. The van der Waals surface area contributed by atoms with Gasteiger partial charge >= 0.3 is 0 Å². The highest BCUT2D eigenvalue weighted by molar-refractivity contribution is 6.09. The van der Waals surface area contributed by atoms with Gasteiger partial charge in [0.15, 0.2) is 0 Å². The van der Waals surface area contributed by atoms with Crippen molar-refractivity contribution in [3.05, 3.63) is 59.7 Å². The number of hydrogen-bond acceptors (Lipinski definition) is 3. The SMILES string of the molecule is COc1cccc(CCNC(=O)C(C)(C)C(=O)Nc2ccc(C)cc2)c1. The van der Waals surface area contributed by atoms with E-state index in [0.29, 0.717) is 18.7 Å². The first-order chi connectivity index (χ1) is 12.3. The summed E-state index contributed by atoms with van der Waals surface area (Å²) in [4.78, 5) is 25.0. The van der Waals surface area contributed by atoms with Crippen molar-refractivity contribution in [2.45, 2.75) is 27.2 Å². The summed E-state index contributed by atoms with van der Waals surface area (Å²) < 4.78 is 5.19. The summed E-state index contributed by atoms with van der Waals surface area (Å²) in [6.07, 6.45) is 0.665. The topological polar surface area (TPSA) is 67.4 Å². The van der Waals surface area contributed by atoms with Crippen LogP contribution in [0.2, 0.25) is 0 Å². The van der Waals surface area contributed by atoms with Gasteiger partial charge in [0.1, 0.15) is 11.2 Å². The summed E-state index contributed by atoms with van der Waals surface area (Å²) in [5.41, 5.74) is 1.68. The van der Waals surface area contributed by atoms with Gasteiger partial charge in [-0.25, -0.2) is 0 Å². The minimum atomic E-state index is -1.17. The second-order valence-electron chi connectivity index (χ2n) is 6.80. The molecule has 0 heterocycles. The molecule has 2 rings (SSSR count). The van der Waals surface area contributed by atoms with Gasteiger partial charge in [0.25, 0.3) is 0 Å². The number of methoxy groups -OCH3 is 1. The van der Waals surface area contributed by atoms with Crippen molar-refractivity contribution in [3.63, 3.8) is 0 Å². The second kappa shape index (κ2) is 8.52. The molecule has 0 saturated heterocycles. The maximum absolute atomic E-state index is 12.5. The first-order valence-electron chi connectivity index (χ1n) is 8.62. The monoisotopic (exact) mass is 354 g/mol. The number of ether oxygens (including phenoxy) is 1. The molecule has 2 aromatic rings. The van der Waals surface area contributed by atoms with Gasteiger partial charge in [-0.2, -0.15) is 0 Å². The van der Waals surface area contributed by atoms with Crippen molar-refractivity contribution in [1.82, 2.24) is 5.32 Å². The van der Waals surface area contributed by atoms with E-state index in [9.17, 15) is 9.59 Å². The Morgan fingerprint density at radius 2 is 1.73 bits per heavy atom. The van der Waals surface area contributed by atoms with Gasteiger partial charge in [-0.3, -0.25) is 9.59 Å². The minimum absolute atomic E-state index is 0.301. The smallest absolute Gasteiger partial charge is 0.239 e. The van der Waals surface area contributed by atoms with Crippen molar-refractivity contribution in [2.24, 2.45) is 5.41 Å². The van der Waals surface area contributed by atoms with Gasteiger partial charge in [0.2, 0.25) is 11.8 Å². The molecule has 2 aromatic carbocycles. The Bertz CT molecular complexity index is 767. The Hall–Kier alpha value is -2.82. The van der Waals surface area contributed by atoms with Crippen LogP contribution in [0.3, 0.4) is 0 Å². The van der Waals surface area contributed by atoms with Gasteiger partial charge in [0, 0.05) is 12.2 Å². The summed E-state index contributed by atoms with van der Waals surface area (Å²) >= 11 is 0. The molecule has 0 unspecified atom stereocenters. The molecular formula is C21H26N2O3. The average Bonchev–Trinajstić information content (AvgIpc) is 2.63. The first-order valence-corrected chi connectivity index (χ1v) is 8.62. The normalized spacial score (nSPS) is 10.9. The number of carbonyl (C=O) groups is 2. The largest absolute Gasteiger partial charge is 0.497 e. The van der Waals surface area contributed by atoms with E-state index in [4.69, 9.17) is 4.74 Å². The first kappa shape index (κ1) is 19.5. The Labute approximate surface area is 154 Å². The number of rotatable bonds is 7. The van der Waals surface area contributed by atoms with E-state index in [1.54, 1.807) is 21.0 Å². The van der Waals surface area contributed by atoms with Crippen molar-refractivity contribution < 1.29 is 14.3 Å². The lowest BCUT2D eigenvalue weighted by molar-refractivity contribution is -0.138. The van der Waals surface area contributed by atoms with E-state index in [-0.39, 0.29) is 11.8 Å². The maximum atomic E-state index is 12.5. The Morgan fingerprint density at radius 1 is 1.04 bits per heavy atom. The fourth-order valence-electron chi connectivity index (χ4n) is 2.40. The molecule has 138 valence electrons. The van der Waals surface area contributed by atoms with Gasteiger partial charge < -0.3 is 15.4 Å².